The number of aromatic nitrogens is 2. The molecule has 0 saturated heterocycles. The quantitative estimate of drug-likeness (QED) is 0.876. The molecule has 106 valence electrons. The van der Waals surface area contributed by atoms with Crippen LogP contribution in [0, 0.1) is 0 Å². The molecule has 0 unspecified atom stereocenters. The number of hydrogen-bond acceptors (Lipinski definition) is 6. The molecule has 1 heterocycles. The number of hydrogen-bond donors (Lipinski definition) is 2. The Bertz CT molecular complexity index is 578. The van der Waals surface area contributed by atoms with Crippen molar-refractivity contribution < 1.29 is 18.3 Å². The number of benzene rings is 1. The molecule has 2 aromatic rings. The molecule has 0 aliphatic rings. The first kappa shape index (κ1) is 13.8. The number of methoxy groups -OCH3 is 1. The maximum absolute atomic E-state index is 12.0. The molecule has 0 fully saturated rings. The summed E-state index contributed by atoms with van der Waals surface area (Å²) >= 11 is 0. The Morgan fingerprint density at radius 1 is 1.20 bits per heavy atom. The van der Waals surface area contributed by atoms with Crippen molar-refractivity contribution in [2.75, 3.05) is 18.2 Å². The van der Waals surface area contributed by atoms with Crippen LogP contribution >= 0.6 is 0 Å². The Kier molecular flexibility index (Phi) is 4.14. The molecule has 0 aliphatic carbocycles. The number of ether oxygens (including phenoxy) is 2. The molecule has 1 aromatic carbocycles. The van der Waals surface area contributed by atoms with Crippen molar-refractivity contribution in [3.05, 3.63) is 30.6 Å². The Labute approximate surface area is 113 Å². The standard InChI is InChI=1S/C12H12F2N4O2/c1-19-9-10(15)16-6-17-11(9)18-7-2-4-8(5-3-7)20-12(13)14/h2-6,12H,1H3,(H3,15,16,17,18). The van der Waals surface area contributed by atoms with Gasteiger partial charge in [0.05, 0.1) is 7.11 Å². The van der Waals surface area contributed by atoms with Gasteiger partial charge in [-0.15, -0.1) is 0 Å². The zero-order valence-corrected chi connectivity index (χ0v) is 10.5. The molecule has 20 heavy (non-hydrogen) atoms. The highest BCUT2D eigenvalue weighted by molar-refractivity contribution is 5.68. The fraction of sp³-hybridized carbons (Fsp3) is 0.167. The van der Waals surface area contributed by atoms with Gasteiger partial charge in [-0.2, -0.15) is 8.78 Å². The number of halogens is 2. The molecule has 0 radical (unpaired) electrons. The molecule has 0 aliphatic heterocycles. The molecule has 1 aromatic heterocycles. The molecule has 0 spiro atoms. The normalized spacial score (nSPS) is 10.4. The fourth-order valence-corrected chi connectivity index (χ4v) is 1.53. The number of rotatable bonds is 5. The van der Waals surface area contributed by atoms with Gasteiger partial charge in [0.1, 0.15) is 12.1 Å². The van der Waals surface area contributed by atoms with E-state index in [1.165, 1.54) is 25.6 Å². The summed E-state index contributed by atoms with van der Waals surface area (Å²) in [5.74, 6) is 0.949. The summed E-state index contributed by atoms with van der Waals surface area (Å²) in [7, 11) is 1.44. The predicted molar refractivity (Wildman–Crippen MR) is 69.4 cm³/mol. The second kappa shape index (κ2) is 6.00. The second-order valence-electron chi connectivity index (χ2n) is 3.67. The van der Waals surface area contributed by atoms with Crippen LogP contribution in [0.4, 0.5) is 26.1 Å². The lowest BCUT2D eigenvalue weighted by atomic mass is 10.3. The van der Waals surface area contributed by atoms with Gasteiger partial charge < -0.3 is 20.5 Å². The Morgan fingerprint density at radius 3 is 2.50 bits per heavy atom. The minimum absolute atomic E-state index is 0.0692. The van der Waals surface area contributed by atoms with Gasteiger partial charge in [-0.25, -0.2) is 9.97 Å². The van der Waals surface area contributed by atoms with Gasteiger partial charge in [0.25, 0.3) is 0 Å². The highest BCUT2D eigenvalue weighted by atomic mass is 19.3. The minimum Gasteiger partial charge on any atom is -0.490 e. The molecular weight excluding hydrogens is 270 g/mol. The van der Waals surface area contributed by atoms with E-state index in [4.69, 9.17) is 10.5 Å². The summed E-state index contributed by atoms with van der Waals surface area (Å²) in [4.78, 5) is 7.80. The van der Waals surface area contributed by atoms with Crippen molar-refractivity contribution in [2.24, 2.45) is 0 Å². The van der Waals surface area contributed by atoms with Crippen LogP contribution in [0.25, 0.3) is 0 Å². The van der Waals surface area contributed by atoms with Crippen LogP contribution in [0.5, 0.6) is 11.5 Å². The monoisotopic (exact) mass is 282 g/mol. The summed E-state index contributed by atoms with van der Waals surface area (Å²) in [6, 6.07) is 5.95. The smallest absolute Gasteiger partial charge is 0.387 e. The Balaban J connectivity index is 2.16. The van der Waals surface area contributed by atoms with Crippen molar-refractivity contribution in [2.45, 2.75) is 6.61 Å². The molecule has 0 amide bonds. The summed E-state index contributed by atoms with van der Waals surface area (Å²) in [6.07, 6.45) is 1.29. The highest BCUT2D eigenvalue weighted by Crippen LogP contribution is 2.29. The van der Waals surface area contributed by atoms with Crippen molar-refractivity contribution in [1.29, 1.82) is 0 Å². The summed E-state index contributed by atoms with van der Waals surface area (Å²) in [5, 5.41) is 2.95. The summed E-state index contributed by atoms with van der Waals surface area (Å²) < 4.78 is 33.4. The van der Waals surface area contributed by atoms with Crippen LogP contribution in [-0.2, 0) is 0 Å². The fourth-order valence-electron chi connectivity index (χ4n) is 1.53. The molecule has 0 atom stereocenters. The Morgan fingerprint density at radius 2 is 1.90 bits per heavy atom. The number of nitrogens with two attached hydrogens (primary N) is 1. The minimum atomic E-state index is -2.85. The van der Waals surface area contributed by atoms with Crippen molar-refractivity contribution >= 4 is 17.3 Å². The first-order chi connectivity index (χ1) is 9.60. The van der Waals surface area contributed by atoms with Gasteiger partial charge >= 0.3 is 6.61 Å². The van der Waals surface area contributed by atoms with E-state index in [0.29, 0.717) is 17.3 Å². The first-order valence-electron chi connectivity index (χ1n) is 5.56. The molecular formula is C12H12F2N4O2. The largest absolute Gasteiger partial charge is 0.490 e. The molecule has 0 saturated carbocycles. The van der Waals surface area contributed by atoms with Crippen molar-refractivity contribution in [3.8, 4) is 11.5 Å². The molecule has 2 rings (SSSR count). The summed E-state index contributed by atoms with van der Waals surface area (Å²) in [6.45, 7) is -2.85. The van der Waals surface area contributed by atoms with Crippen molar-refractivity contribution in [3.63, 3.8) is 0 Å². The average molecular weight is 282 g/mol. The van der Waals surface area contributed by atoms with Gasteiger partial charge in [0.2, 0.25) is 5.75 Å². The van der Waals surface area contributed by atoms with E-state index in [9.17, 15) is 8.78 Å². The zero-order chi connectivity index (χ0) is 14.5. The molecule has 3 N–H and O–H groups in total. The van der Waals surface area contributed by atoms with Crippen LogP contribution in [0.1, 0.15) is 0 Å². The van der Waals surface area contributed by atoms with E-state index < -0.39 is 6.61 Å². The van der Waals surface area contributed by atoms with Crippen molar-refractivity contribution in [1.82, 2.24) is 9.97 Å². The Hall–Kier alpha value is -2.64. The number of alkyl halides is 2. The lowest BCUT2D eigenvalue weighted by Crippen LogP contribution is -2.03. The number of nitrogens with one attached hydrogen (secondary N) is 1. The van der Waals surface area contributed by atoms with Crippen LogP contribution in [0.15, 0.2) is 30.6 Å². The zero-order valence-electron chi connectivity index (χ0n) is 10.5. The van der Waals surface area contributed by atoms with Gasteiger partial charge in [-0.05, 0) is 24.3 Å². The van der Waals surface area contributed by atoms with Gasteiger partial charge in [-0.1, -0.05) is 0 Å². The third kappa shape index (κ3) is 3.22. The van der Waals surface area contributed by atoms with Crippen LogP contribution in [0.2, 0.25) is 0 Å². The number of nitrogens with zero attached hydrogens (tertiary/aromatic N) is 2. The van der Waals surface area contributed by atoms with E-state index in [2.05, 4.69) is 20.0 Å². The number of anilines is 3. The van der Waals surface area contributed by atoms with Crippen LogP contribution < -0.4 is 20.5 Å². The SMILES string of the molecule is COc1c(N)ncnc1Nc1ccc(OC(F)F)cc1. The summed E-state index contributed by atoms with van der Waals surface area (Å²) in [5.41, 5.74) is 6.26. The lowest BCUT2D eigenvalue weighted by Gasteiger charge is -2.11. The molecule has 8 heteroatoms. The van der Waals surface area contributed by atoms with E-state index in [0.717, 1.165) is 0 Å². The van der Waals surface area contributed by atoms with E-state index in [1.807, 2.05) is 0 Å². The highest BCUT2D eigenvalue weighted by Gasteiger charge is 2.10. The maximum Gasteiger partial charge on any atom is 0.387 e. The number of nitrogen functional groups attached to an aromatic ring is 1. The molecule has 0 bridgehead atoms. The third-order valence-electron chi connectivity index (χ3n) is 2.38. The molecule has 6 nitrogen and oxygen atoms in total. The predicted octanol–water partition coefficient (Wildman–Crippen LogP) is 2.41. The topological polar surface area (TPSA) is 82.3 Å². The first-order valence-corrected chi connectivity index (χ1v) is 5.56. The van der Waals surface area contributed by atoms with E-state index in [1.54, 1.807) is 12.1 Å². The second-order valence-corrected chi connectivity index (χ2v) is 3.67. The average Bonchev–Trinajstić information content (AvgIpc) is 2.41. The van der Waals surface area contributed by atoms with E-state index in [-0.39, 0.29) is 11.6 Å². The van der Waals surface area contributed by atoms with Gasteiger partial charge in [0, 0.05) is 5.69 Å². The van der Waals surface area contributed by atoms with Gasteiger partial charge in [-0.3, -0.25) is 0 Å². The van der Waals surface area contributed by atoms with Crippen LogP contribution in [-0.4, -0.2) is 23.7 Å². The van der Waals surface area contributed by atoms with Gasteiger partial charge in [0.15, 0.2) is 11.6 Å². The van der Waals surface area contributed by atoms with Crippen LogP contribution in [0.3, 0.4) is 0 Å². The third-order valence-corrected chi connectivity index (χ3v) is 2.38. The lowest BCUT2D eigenvalue weighted by molar-refractivity contribution is -0.0498. The maximum atomic E-state index is 12.0. The van der Waals surface area contributed by atoms with E-state index >= 15 is 0 Å².